The second-order valence-electron chi connectivity index (χ2n) is 7.11. The minimum absolute atomic E-state index is 0.0751. The van der Waals surface area contributed by atoms with E-state index in [0.29, 0.717) is 36.5 Å². The highest BCUT2D eigenvalue weighted by Crippen LogP contribution is 2.24. The minimum atomic E-state index is -3.50. The molecule has 0 spiro atoms. The van der Waals surface area contributed by atoms with Gasteiger partial charge < -0.3 is 5.32 Å². The van der Waals surface area contributed by atoms with Crippen LogP contribution in [0.2, 0.25) is 0 Å². The summed E-state index contributed by atoms with van der Waals surface area (Å²) in [6, 6.07) is 12.4. The Labute approximate surface area is 173 Å². The fraction of sp³-hybridized carbons (Fsp3) is 0.300. The van der Waals surface area contributed by atoms with Crippen molar-refractivity contribution in [3.05, 3.63) is 59.1 Å². The van der Waals surface area contributed by atoms with E-state index in [1.54, 1.807) is 41.7 Å². The molecular formula is C20H22N4O3S2. The van der Waals surface area contributed by atoms with Gasteiger partial charge in [-0.1, -0.05) is 23.8 Å². The van der Waals surface area contributed by atoms with Crippen LogP contribution in [-0.2, 0) is 10.0 Å². The van der Waals surface area contributed by atoms with Crippen LogP contribution < -0.4 is 5.32 Å². The highest BCUT2D eigenvalue weighted by atomic mass is 32.2. The molecule has 29 heavy (non-hydrogen) atoms. The standard InChI is InChI=1S/C20H22N4O3S2/c1-14-4-6-16(7-5-14)29(26,27)24-10-8-15(9-11-24)21-20(25)18-13-17(22-23-18)19-3-2-12-28-19/h2-7,12-13,15H,8-11H2,1H3,(H,21,25)(H,22,23). The first kappa shape index (κ1) is 19.8. The van der Waals surface area contributed by atoms with Crippen LogP contribution in [0.25, 0.3) is 10.6 Å². The van der Waals surface area contributed by atoms with Crippen molar-refractivity contribution in [1.29, 1.82) is 0 Å². The third-order valence-electron chi connectivity index (χ3n) is 5.05. The molecule has 0 aliphatic carbocycles. The number of sulfonamides is 1. The minimum Gasteiger partial charge on any atom is -0.348 e. The molecule has 1 aliphatic rings. The van der Waals surface area contributed by atoms with Crippen LogP contribution in [0.3, 0.4) is 0 Å². The molecule has 0 bridgehead atoms. The van der Waals surface area contributed by atoms with Gasteiger partial charge in [-0.15, -0.1) is 11.3 Å². The number of hydrogen-bond donors (Lipinski definition) is 2. The summed E-state index contributed by atoms with van der Waals surface area (Å²) in [6.45, 7) is 2.68. The van der Waals surface area contributed by atoms with Crippen LogP contribution in [0.1, 0.15) is 28.9 Å². The van der Waals surface area contributed by atoms with Crippen molar-refractivity contribution >= 4 is 27.3 Å². The van der Waals surface area contributed by atoms with Gasteiger partial charge in [0.1, 0.15) is 0 Å². The van der Waals surface area contributed by atoms with Gasteiger partial charge in [-0.3, -0.25) is 9.89 Å². The van der Waals surface area contributed by atoms with Crippen LogP contribution in [0.4, 0.5) is 0 Å². The van der Waals surface area contributed by atoms with E-state index < -0.39 is 10.0 Å². The summed E-state index contributed by atoms with van der Waals surface area (Å²) in [5.74, 6) is -0.246. The van der Waals surface area contributed by atoms with Crippen molar-refractivity contribution in [2.45, 2.75) is 30.7 Å². The van der Waals surface area contributed by atoms with E-state index in [9.17, 15) is 13.2 Å². The Balaban J connectivity index is 1.35. The zero-order valence-corrected chi connectivity index (χ0v) is 17.6. The monoisotopic (exact) mass is 430 g/mol. The number of amides is 1. The molecule has 1 saturated heterocycles. The number of hydrogen-bond acceptors (Lipinski definition) is 5. The molecule has 9 heteroatoms. The number of H-pyrrole nitrogens is 1. The number of rotatable bonds is 5. The fourth-order valence-electron chi connectivity index (χ4n) is 3.36. The normalized spacial score (nSPS) is 16.0. The van der Waals surface area contributed by atoms with Gasteiger partial charge in [0.05, 0.1) is 15.5 Å². The number of piperidine rings is 1. The molecule has 3 heterocycles. The van der Waals surface area contributed by atoms with Crippen molar-refractivity contribution in [3.63, 3.8) is 0 Å². The highest BCUT2D eigenvalue weighted by Gasteiger charge is 2.30. The molecule has 2 aromatic heterocycles. The van der Waals surface area contributed by atoms with Crippen LogP contribution in [0, 0.1) is 6.92 Å². The summed E-state index contributed by atoms with van der Waals surface area (Å²) < 4.78 is 27.1. The number of benzene rings is 1. The second-order valence-corrected chi connectivity index (χ2v) is 9.99. The molecule has 2 N–H and O–H groups in total. The quantitative estimate of drug-likeness (QED) is 0.650. The van der Waals surface area contributed by atoms with E-state index in [2.05, 4.69) is 15.5 Å². The van der Waals surface area contributed by atoms with E-state index in [-0.39, 0.29) is 11.9 Å². The van der Waals surface area contributed by atoms with E-state index in [0.717, 1.165) is 16.1 Å². The van der Waals surface area contributed by atoms with Gasteiger partial charge in [-0.05, 0) is 49.4 Å². The summed E-state index contributed by atoms with van der Waals surface area (Å²) >= 11 is 1.57. The van der Waals surface area contributed by atoms with Crippen LogP contribution in [0.5, 0.6) is 0 Å². The maximum Gasteiger partial charge on any atom is 0.272 e. The van der Waals surface area contributed by atoms with E-state index >= 15 is 0 Å². The lowest BCUT2D eigenvalue weighted by Gasteiger charge is -2.31. The predicted octanol–water partition coefficient (Wildman–Crippen LogP) is 3.03. The molecule has 7 nitrogen and oxygen atoms in total. The number of nitrogens with zero attached hydrogens (tertiary/aromatic N) is 2. The Hall–Kier alpha value is -2.49. The van der Waals surface area contributed by atoms with Gasteiger partial charge >= 0.3 is 0 Å². The van der Waals surface area contributed by atoms with Crippen LogP contribution >= 0.6 is 11.3 Å². The lowest BCUT2D eigenvalue weighted by atomic mass is 10.1. The van der Waals surface area contributed by atoms with Crippen molar-refractivity contribution in [1.82, 2.24) is 19.8 Å². The number of aryl methyl sites for hydroxylation is 1. The zero-order valence-electron chi connectivity index (χ0n) is 16.0. The Morgan fingerprint density at radius 2 is 1.93 bits per heavy atom. The molecule has 3 aromatic rings. The number of thiophene rings is 1. The summed E-state index contributed by atoms with van der Waals surface area (Å²) in [6.07, 6.45) is 1.14. The van der Waals surface area contributed by atoms with E-state index in [4.69, 9.17) is 0 Å². The Morgan fingerprint density at radius 3 is 2.59 bits per heavy atom. The molecule has 0 radical (unpaired) electrons. The van der Waals surface area contributed by atoms with Crippen LogP contribution in [0.15, 0.2) is 52.7 Å². The first-order valence-corrected chi connectivity index (χ1v) is 11.7. The van der Waals surface area contributed by atoms with Crippen molar-refractivity contribution in [2.24, 2.45) is 0 Å². The molecule has 4 rings (SSSR count). The second kappa shape index (κ2) is 8.10. The molecule has 1 fully saturated rings. The van der Waals surface area contributed by atoms with Crippen molar-refractivity contribution in [3.8, 4) is 10.6 Å². The topological polar surface area (TPSA) is 95.2 Å². The van der Waals surface area contributed by atoms with Crippen molar-refractivity contribution in [2.75, 3.05) is 13.1 Å². The number of aromatic amines is 1. The fourth-order valence-corrected chi connectivity index (χ4v) is 5.52. The van der Waals surface area contributed by atoms with E-state index in [1.807, 2.05) is 24.4 Å². The molecule has 152 valence electrons. The average Bonchev–Trinajstić information content (AvgIpc) is 3.40. The summed E-state index contributed by atoms with van der Waals surface area (Å²) in [4.78, 5) is 13.8. The Bertz CT molecular complexity index is 1080. The Morgan fingerprint density at radius 1 is 1.21 bits per heavy atom. The van der Waals surface area contributed by atoms with Crippen LogP contribution in [-0.4, -0.2) is 48.0 Å². The SMILES string of the molecule is Cc1ccc(S(=O)(=O)N2CCC(NC(=O)c3cc(-c4cccs4)[nH]n3)CC2)cc1. The number of carbonyl (C=O) groups excluding carboxylic acids is 1. The van der Waals surface area contributed by atoms with Gasteiger partial charge in [0.15, 0.2) is 5.69 Å². The lowest BCUT2D eigenvalue weighted by molar-refractivity contribution is 0.0918. The molecule has 1 aromatic carbocycles. The Kier molecular flexibility index (Phi) is 5.53. The summed E-state index contributed by atoms with van der Waals surface area (Å²) in [5.41, 5.74) is 2.17. The predicted molar refractivity (Wildman–Crippen MR) is 112 cm³/mol. The third-order valence-corrected chi connectivity index (χ3v) is 7.86. The lowest BCUT2D eigenvalue weighted by Crippen LogP contribution is -2.46. The maximum absolute atomic E-state index is 12.8. The number of carbonyl (C=O) groups is 1. The molecule has 0 saturated carbocycles. The molecule has 0 atom stereocenters. The summed E-state index contributed by atoms with van der Waals surface area (Å²) in [5, 5.41) is 11.9. The molecular weight excluding hydrogens is 408 g/mol. The first-order valence-electron chi connectivity index (χ1n) is 9.40. The van der Waals surface area contributed by atoms with Gasteiger partial charge in [0.2, 0.25) is 10.0 Å². The smallest absolute Gasteiger partial charge is 0.272 e. The maximum atomic E-state index is 12.8. The largest absolute Gasteiger partial charge is 0.348 e. The molecule has 0 unspecified atom stereocenters. The van der Waals surface area contributed by atoms with Gasteiger partial charge in [-0.25, -0.2) is 8.42 Å². The highest BCUT2D eigenvalue weighted by molar-refractivity contribution is 7.89. The average molecular weight is 431 g/mol. The van der Waals surface area contributed by atoms with Gasteiger partial charge in [0, 0.05) is 19.1 Å². The summed E-state index contributed by atoms with van der Waals surface area (Å²) in [7, 11) is -3.50. The first-order chi connectivity index (χ1) is 13.9. The molecule has 1 amide bonds. The van der Waals surface area contributed by atoms with Gasteiger partial charge in [-0.2, -0.15) is 9.40 Å². The molecule has 1 aliphatic heterocycles. The third kappa shape index (κ3) is 4.26. The van der Waals surface area contributed by atoms with Crippen molar-refractivity contribution < 1.29 is 13.2 Å². The van der Waals surface area contributed by atoms with Gasteiger partial charge in [0.25, 0.3) is 5.91 Å². The number of aromatic nitrogens is 2. The zero-order chi connectivity index (χ0) is 20.4. The number of nitrogens with one attached hydrogen (secondary N) is 2. The van der Waals surface area contributed by atoms with E-state index in [1.165, 1.54) is 4.31 Å².